The van der Waals surface area contributed by atoms with Crippen molar-refractivity contribution >= 4 is 22.6 Å². The fraction of sp³-hybridized carbons (Fsp3) is 0.308. The van der Waals surface area contributed by atoms with E-state index in [0.29, 0.717) is 42.8 Å². The molecule has 2 N–H and O–H groups in total. The standard InChI is InChI=1S/C26H27N5O3/c1-17-7-5-12-31-23(17)29-24-21(26(31)33)15-20(25(32)28-16-19-10-6-14-34-19)22(27)30(24)13-11-18-8-3-2-4-9-18/h2-5,7-9,12,15,19,27H,6,10-11,13-14,16H2,1H3,(H,28,32)/t19-/m1/s1. The Morgan fingerprint density at radius 2 is 2.03 bits per heavy atom. The molecule has 1 aromatic carbocycles. The van der Waals surface area contributed by atoms with E-state index in [9.17, 15) is 9.59 Å². The highest BCUT2D eigenvalue weighted by molar-refractivity contribution is 5.96. The molecule has 174 valence electrons. The first kappa shape index (κ1) is 22.0. The second kappa shape index (κ2) is 9.23. The summed E-state index contributed by atoms with van der Waals surface area (Å²) in [4.78, 5) is 31.3. The molecular weight excluding hydrogens is 430 g/mol. The van der Waals surface area contributed by atoms with E-state index in [1.807, 2.05) is 43.3 Å². The van der Waals surface area contributed by atoms with Gasteiger partial charge in [-0.2, -0.15) is 0 Å². The van der Waals surface area contributed by atoms with Crippen molar-refractivity contribution in [3.8, 4) is 0 Å². The molecule has 1 amide bonds. The molecule has 0 saturated carbocycles. The number of rotatable bonds is 6. The van der Waals surface area contributed by atoms with Gasteiger partial charge in [0.2, 0.25) is 0 Å². The molecule has 0 unspecified atom stereocenters. The van der Waals surface area contributed by atoms with Crippen molar-refractivity contribution < 1.29 is 9.53 Å². The Morgan fingerprint density at radius 1 is 1.21 bits per heavy atom. The lowest BCUT2D eigenvalue weighted by Crippen LogP contribution is -2.38. The predicted octanol–water partition coefficient (Wildman–Crippen LogP) is 2.59. The Bertz CT molecular complexity index is 1480. The van der Waals surface area contributed by atoms with Gasteiger partial charge in [-0.05, 0) is 49.4 Å². The molecule has 8 heteroatoms. The van der Waals surface area contributed by atoms with Crippen molar-refractivity contribution in [2.75, 3.05) is 13.2 Å². The zero-order valence-electron chi connectivity index (χ0n) is 19.1. The average molecular weight is 458 g/mol. The molecule has 1 atom stereocenters. The van der Waals surface area contributed by atoms with Crippen LogP contribution in [0.25, 0.3) is 16.7 Å². The first-order valence-corrected chi connectivity index (χ1v) is 11.6. The second-order valence-electron chi connectivity index (χ2n) is 8.68. The number of benzene rings is 1. The Kier molecular flexibility index (Phi) is 5.98. The molecule has 0 spiro atoms. The summed E-state index contributed by atoms with van der Waals surface area (Å²) >= 11 is 0. The third-order valence-corrected chi connectivity index (χ3v) is 6.36. The number of hydrogen-bond donors (Lipinski definition) is 2. The first-order valence-electron chi connectivity index (χ1n) is 11.6. The topological polar surface area (TPSA) is 101 Å². The number of pyridine rings is 2. The summed E-state index contributed by atoms with van der Waals surface area (Å²) in [5.41, 5.74) is 2.86. The highest BCUT2D eigenvalue weighted by atomic mass is 16.5. The maximum absolute atomic E-state index is 13.4. The Hall–Kier alpha value is -3.78. The zero-order valence-corrected chi connectivity index (χ0v) is 19.1. The maximum Gasteiger partial charge on any atom is 0.267 e. The summed E-state index contributed by atoms with van der Waals surface area (Å²) in [6.45, 7) is 3.40. The Balaban J connectivity index is 1.63. The normalized spacial score (nSPS) is 15.7. The molecule has 0 bridgehead atoms. The number of fused-ring (bicyclic) bond motifs is 2. The first-order chi connectivity index (χ1) is 16.5. The zero-order chi connectivity index (χ0) is 23.7. The van der Waals surface area contributed by atoms with E-state index in [2.05, 4.69) is 5.32 Å². The van der Waals surface area contributed by atoms with E-state index < -0.39 is 0 Å². The van der Waals surface area contributed by atoms with Crippen molar-refractivity contribution in [3.05, 3.63) is 87.3 Å². The highest BCUT2D eigenvalue weighted by Crippen LogP contribution is 2.14. The van der Waals surface area contributed by atoms with Crippen LogP contribution in [-0.4, -0.2) is 39.1 Å². The van der Waals surface area contributed by atoms with Gasteiger partial charge in [-0.25, -0.2) is 4.98 Å². The van der Waals surface area contributed by atoms with Crippen LogP contribution < -0.4 is 16.4 Å². The Morgan fingerprint density at radius 3 is 2.79 bits per heavy atom. The number of amides is 1. The molecule has 0 aliphatic carbocycles. The molecule has 1 saturated heterocycles. The summed E-state index contributed by atoms with van der Waals surface area (Å²) in [5.74, 6) is -0.385. The lowest BCUT2D eigenvalue weighted by Gasteiger charge is -2.16. The van der Waals surface area contributed by atoms with Gasteiger partial charge in [0, 0.05) is 25.9 Å². The minimum absolute atomic E-state index is 0.0111. The fourth-order valence-electron chi connectivity index (χ4n) is 4.48. The van der Waals surface area contributed by atoms with Gasteiger partial charge in [0.05, 0.1) is 17.1 Å². The quantitative estimate of drug-likeness (QED) is 0.435. The van der Waals surface area contributed by atoms with Crippen molar-refractivity contribution in [3.63, 3.8) is 0 Å². The second-order valence-corrected chi connectivity index (χ2v) is 8.68. The molecule has 34 heavy (non-hydrogen) atoms. The van der Waals surface area contributed by atoms with Crippen LogP contribution in [0.15, 0.2) is 59.5 Å². The van der Waals surface area contributed by atoms with Crippen LogP contribution >= 0.6 is 0 Å². The van der Waals surface area contributed by atoms with Crippen molar-refractivity contribution in [2.45, 2.75) is 38.8 Å². The van der Waals surface area contributed by atoms with Gasteiger partial charge in [0.1, 0.15) is 16.8 Å². The lowest BCUT2D eigenvalue weighted by atomic mass is 10.1. The third-order valence-electron chi connectivity index (χ3n) is 6.36. The molecule has 0 radical (unpaired) electrons. The van der Waals surface area contributed by atoms with E-state index >= 15 is 0 Å². The lowest BCUT2D eigenvalue weighted by molar-refractivity contribution is 0.0856. The van der Waals surface area contributed by atoms with Gasteiger partial charge in [0.25, 0.3) is 11.5 Å². The van der Waals surface area contributed by atoms with E-state index in [1.165, 1.54) is 10.5 Å². The Labute approximate surface area is 196 Å². The van der Waals surface area contributed by atoms with Gasteiger partial charge in [-0.3, -0.25) is 19.4 Å². The fourth-order valence-corrected chi connectivity index (χ4v) is 4.48. The van der Waals surface area contributed by atoms with Gasteiger partial charge >= 0.3 is 0 Å². The molecule has 1 fully saturated rings. The van der Waals surface area contributed by atoms with Crippen LogP contribution in [0.3, 0.4) is 0 Å². The number of nitrogens with one attached hydrogen (secondary N) is 2. The predicted molar refractivity (Wildman–Crippen MR) is 129 cm³/mol. The molecule has 8 nitrogen and oxygen atoms in total. The average Bonchev–Trinajstić information content (AvgIpc) is 3.37. The van der Waals surface area contributed by atoms with Gasteiger partial charge in [0.15, 0.2) is 0 Å². The molecule has 1 aliphatic heterocycles. The van der Waals surface area contributed by atoms with Crippen LogP contribution in [0.1, 0.15) is 34.3 Å². The van der Waals surface area contributed by atoms with Gasteiger partial charge in [-0.1, -0.05) is 36.4 Å². The maximum atomic E-state index is 13.4. The number of aromatic nitrogens is 3. The molecule has 5 rings (SSSR count). The van der Waals surface area contributed by atoms with Crippen LogP contribution in [0, 0.1) is 12.3 Å². The molecular formula is C26H27N5O3. The number of carbonyl (C=O) groups excluding carboxylic acids is 1. The summed E-state index contributed by atoms with van der Waals surface area (Å²) in [6.07, 6.45) is 4.19. The summed E-state index contributed by atoms with van der Waals surface area (Å²) < 4.78 is 8.77. The number of carbonyl (C=O) groups is 1. The SMILES string of the molecule is Cc1cccn2c(=O)c3cc(C(=O)NC[C@H]4CCCO4)c(=N)n(CCc4ccccc4)c3nc12. The number of aryl methyl sites for hydroxylation is 3. The monoisotopic (exact) mass is 457 g/mol. The minimum atomic E-state index is -0.385. The summed E-state index contributed by atoms with van der Waals surface area (Å²) in [5, 5.41) is 12.1. The van der Waals surface area contributed by atoms with Crippen LogP contribution in [-0.2, 0) is 17.7 Å². The van der Waals surface area contributed by atoms with Crippen molar-refractivity contribution in [2.24, 2.45) is 0 Å². The van der Waals surface area contributed by atoms with Crippen molar-refractivity contribution in [1.82, 2.24) is 19.3 Å². The van der Waals surface area contributed by atoms with Crippen LogP contribution in [0.4, 0.5) is 0 Å². The summed E-state index contributed by atoms with van der Waals surface area (Å²) in [7, 11) is 0. The van der Waals surface area contributed by atoms with Crippen LogP contribution in [0.2, 0.25) is 0 Å². The highest BCUT2D eigenvalue weighted by Gasteiger charge is 2.20. The minimum Gasteiger partial charge on any atom is -0.376 e. The van der Waals surface area contributed by atoms with Gasteiger partial charge in [-0.15, -0.1) is 0 Å². The smallest absolute Gasteiger partial charge is 0.267 e. The largest absolute Gasteiger partial charge is 0.376 e. The number of nitrogens with zero attached hydrogens (tertiary/aromatic N) is 3. The van der Waals surface area contributed by atoms with Gasteiger partial charge < -0.3 is 14.6 Å². The molecule has 3 aromatic heterocycles. The molecule has 1 aliphatic rings. The molecule has 4 heterocycles. The van der Waals surface area contributed by atoms with E-state index in [4.69, 9.17) is 15.1 Å². The summed E-state index contributed by atoms with van der Waals surface area (Å²) in [6, 6.07) is 15.1. The van der Waals surface area contributed by atoms with E-state index in [0.717, 1.165) is 24.0 Å². The third kappa shape index (κ3) is 4.12. The van der Waals surface area contributed by atoms with E-state index in [1.54, 1.807) is 16.8 Å². The van der Waals surface area contributed by atoms with E-state index in [-0.39, 0.29) is 28.6 Å². The number of hydrogen-bond acceptors (Lipinski definition) is 5. The van der Waals surface area contributed by atoms with Crippen molar-refractivity contribution in [1.29, 1.82) is 5.41 Å². The molecule has 4 aromatic rings. The number of ether oxygens (including phenoxy) is 1. The van der Waals surface area contributed by atoms with Crippen LogP contribution in [0.5, 0.6) is 0 Å².